The molecule has 0 fully saturated rings. The van der Waals surface area contributed by atoms with Crippen LogP contribution in [0.4, 0.5) is 0 Å². The Morgan fingerprint density at radius 3 is 1.93 bits per heavy atom. The van der Waals surface area contributed by atoms with Gasteiger partial charge in [-0.1, -0.05) is 42.5 Å². The maximum absolute atomic E-state index is 12.4. The summed E-state index contributed by atoms with van der Waals surface area (Å²) in [5, 5.41) is 0. The standard InChI is InChI=1S/C24H24O5/c1-26-22-9-5-6-10-23(22)29-18-16-27-15-17-28-21-13-11-20(12-14-21)24(25)19-7-3-2-4-8-19/h2-14H,15-18H2,1H3. The fraction of sp³-hybridized carbons (Fsp3) is 0.208. The molecule has 0 saturated heterocycles. The van der Waals surface area contributed by atoms with Crippen molar-refractivity contribution in [2.24, 2.45) is 0 Å². The number of hydrogen-bond acceptors (Lipinski definition) is 5. The molecular formula is C24H24O5. The van der Waals surface area contributed by atoms with Crippen LogP contribution in [-0.2, 0) is 4.74 Å². The summed E-state index contributed by atoms with van der Waals surface area (Å²) in [6, 6.07) is 23.8. The lowest BCUT2D eigenvalue weighted by atomic mass is 10.0. The second-order valence-corrected chi connectivity index (χ2v) is 6.18. The molecule has 29 heavy (non-hydrogen) atoms. The summed E-state index contributed by atoms with van der Waals surface area (Å²) in [5.74, 6) is 2.09. The SMILES string of the molecule is COc1ccccc1OCCOCCOc1ccc(C(=O)c2ccccc2)cc1. The summed E-state index contributed by atoms with van der Waals surface area (Å²) < 4.78 is 22.0. The quantitative estimate of drug-likeness (QED) is 0.358. The van der Waals surface area contributed by atoms with Gasteiger partial charge in [-0.2, -0.15) is 0 Å². The largest absolute Gasteiger partial charge is 0.493 e. The molecule has 0 heterocycles. The summed E-state index contributed by atoms with van der Waals surface area (Å²) in [4.78, 5) is 12.4. The number of hydrogen-bond donors (Lipinski definition) is 0. The van der Waals surface area contributed by atoms with E-state index < -0.39 is 0 Å². The highest BCUT2D eigenvalue weighted by Gasteiger charge is 2.08. The van der Waals surface area contributed by atoms with E-state index in [-0.39, 0.29) is 5.78 Å². The van der Waals surface area contributed by atoms with Crippen LogP contribution in [0, 0.1) is 0 Å². The Balaban J connectivity index is 1.34. The van der Waals surface area contributed by atoms with Crippen molar-refractivity contribution >= 4 is 5.78 Å². The van der Waals surface area contributed by atoms with Gasteiger partial charge >= 0.3 is 0 Å². The highest BCUT2D eigenvalue weighted by Crippen LogP contribution is 2.25. The van der Waals surface area contributed by atoms with Gasteiger partial charge in [0.1, 0.15) is 19.0 Å². The van der Waals surface area contributed by atoms with Gasteiger partial charge in [-0.05, 0) is 36.4 Å². The fourth-order valence-corrected chi connectivity index (χ4v) is 2.73. The topological polar surface area (TPSA) is 54.0 Å². The highest BCUT2D eigenvalue weighted by molar-refractivity contribution is 6.08. The normalized spacial score (nSPS) is 10.4. The van der Waals surface area contributed by atoms with Gasteiger partial charge in [-0.15, -0.1) is 0 Å². The molecule has 150 valence electrons. The molecule has 3 aromatic carbocycles. The van der Waals surface area contributed by atoms with Crippen LogP contribution in [0.2, 0.25) is 0 Å². The molecule has 0 atom stereocenters. The maximum Gasteiger partial charge on any atom is 0.193 e. The average molecular weight is 392 g/mol. The second kappa shape index (κ2) is 10.9. The zero-order valence-electron chi connectivity index (χ0n) is 16.4. The number of para-hydroxylation sites is 2. The lowest BCUT2D eigenvalue weighted by Crippen LogP contribution is -2.12. The molecule has 0 spiro atoms. The van der Waals surface area contributed by atoms with E-state index >= 15 is 0 Å². The molecule has 5 nitrogen and oxygen atoms in total. The Bertz CT molecular complexity index is 891. The molecule has 0 aliphatic rings. The molecule has 0 amide bonds. The van der Waals surface area contributed by atoms with Gasteiger partial charge in [0.05, 0.1) is 20.3 Å². The zero-order valence-corrected chi connectivity index (χ0v) is 16.4. The van der Waals surface area contributed by atoms with E-state index in [2.05, 4.69) is 0 Å². The van der Waals surface area contributed by atoms with Crippen LogP contribution in [-0.4, -0.2) is 39.3 Å². The first kappa shape index (κ1) is 20.4. The summed E-state index contributed by atoms with van der Waals surface area (Å²) in [7, 11) is 1.61. The third kappa shape index (κ3) is 6.09. The first-order valence-corrected chi connectivity index (χ1v) is 9.44. The van der Waals surface area contributed by atoms with Gasteiger partial charge in [0.25, 0.3) is 0 Å². The second-order valence-electron chi connectivity index (χ2n) is 6.18. The Kier molecular flexibility index (Phi) is 7.66. The van der Waals surface area contributed by atoms with Gasteiger partial charge in [-0.25, -0.2) is 0 Å². The van der Waals surface area contributed by atoms with Crippen LogP contribution in [0.15, 0.2) is 78.9 Å². The molecule has 0 bridgehead atoms. The van der Waals surface area contributed by atoms with Crippen LogP contribution in [0.5, 0.6) is 17.2 Å². The third-order valence-electron chi connectivity index (χ3n) is 4.20. The summed E-state index contributed by atoms with van der Waals surface area (Å²) >= 11 is 0. The molecule has 0 radical (unpaired) electrons. The molecule has 5 heteroatoms. The number of carbonyl (C=O) groups excluding carboxylic acids is 1. The first-order chi connectivity index (χ1) is 14.3. The van der Waals surface area contributed by atoms with Crippen molar-refractivity contribution in [2.75, 3.05) is 33.5 Å². The van der Waals surface area contributed by atoms with Gasteiger partial charge in [0.15, 0.2) is 17.3 Å². The van der Waals surface area contributed by atoms with E-state index in [1.807, 2.05) is 54.6 Å². The maximum atomic E-state index is 12.4. The van der Waals surface area contributed by atoms with Crippen molar-refractivity contribution in [1.82, 2.24) is 0 Å². The Morgan fingerprint density at radius 1 is 0.655 bits per heavy atom. The number of rotatable bonds is 11. The average Bonchev–Trinajstić information content (AvgIpc) is 2.79. The van der Waals surface area contributed by atoms with E-state index in [0.29, 0.717) is 54.8 Å². The monoisotopic (exact) mass is 392 g/mol. The molecule has 0 saturated carbocycles. The van der Waals surface area contributed by atoms with Crippen molar-refractivity contribution in [3.05, 3.63) is 90.0 Å². The highest BCUT2D eigenvalue weighted by atomic mass is 16.6. The minimum Gasteiger partial charge on any atom is -0.493 e. The predicted molar refractivity (Wildman–Crippen MR) is 111 cm³/mol. The van der Waals surface area contributed by atoms with Crippen molar-refractivity contribution in [2.45, 2.75) is 0 Å². The number of ether oxygens (including phenoxy) is 4. The van der Waals surface area contributed by atoms with Crippen LogP contribution < -0.4 is 14.2 Å². The van der Waals surface area contributed by atoms with Crippen molar-refractivity contribution in [3.63, 3.8) is 0 Å². The van der Waals surface area contributed by atoms with Crippen LogP contribution in [0.1, 0.15) is 15.9 Å². The molecular weight excluding hydrogens is 368 g/mol. The van der Waals surface area contributed by atoms with Crippen molar-refractivity contribution in [3.8, 4) is 17.2 Å². The lowest BCUT2D eigenvalue weighted by Gasteiger charge is -2.11. The third-order valence-corrected chi connectivity index (χ3v) is 4.20. The van der Waals surface area contributed by atoms with Gasteiger partial charge in [-0.3, -0.25) is 4.79 Å². The number of ketones is 1. The molecule has 0 aromatic heterocycles. The zero-order chi connectivity index (χ0) is 20.3. The molecule has 3 aromatic rings. The van der Waals surface area contributed by atoms with Crippen LogP contribution >= 0.6 is 0 Å². The van der Waals surface area contributed by atoms with Crippen molar-refractivity contribution in [1.29, 1.82) is 0 Å². The van der Waals surface area contributed by atoms with Crippen LogP contribution in [0.25, 0.3) is 0 Å². The molecule has 0 N–H and O–H groups in total. The summed E-state index contributed by atoms with van der Waals surface area (Å²) in [6.45, 7) is 1.74. The molecule has 0 unspecified atom stereocenters. The van der Waals surface area contributed by atoms with Crippen molar-refractivity contribution < 1.29 is 23.7 Å². The van der Waals surface area contributed by atoms with E-state index in [1.54, 1.807) is 31.4 Å². The van der Waals surface area contributed by atoms with Gasteiger partial charge in [0, 0.05) is 11.1 Å². The summed E-state index contributed by atoms with van der Waals surface area (Å²) in [6.07, 6.45) is 0. The Labute approximate surface area is 170 Å². The van der Waals surface area contributed by atoms with E-state index in [4.69, 9.17) is 18.9 Å². The van der Waals surface area contributed by atoms with Gasteiger partial charge < -0.3 is 18.9 Å². The molecule has 0 aliphatic carbocycles. The number of benzene rings is 3. The first-order valence-electron chi connectivity index (χ1n) is 9.44. The number of carbonyl (C=O) groups is 1. The fourth-order valence-electron chi connectivity index (χ4n) is 2.73. The minimum absolute atomic E-state index is 0.00414. The van der Waals surface area contributed by atoms with Crippen LogP contribution in [0.3, 0.4) is 0 Å². The predicted octanol–water partition coefficient (Wildman–Crippen LogP) is 4.40. The van der Waals surface area contributed by atoms with Gasteiger partial charge in [0.2, 0.25) is 0 Å². The number of methoxy groups -OCH3 is 1. The van der Waals surface area contributed by atoms with E-state index in [9.17, 15) is 4.79 Å². The van der Waals surface area contributed by atoms with E-state index in [0.717, 1.165) is 0 Å². The summed E-state index contributed by atoms with van der Waals surface area (Å²) in [5.41, 5.74) is 1.30. The Hall–Kier alpha value is -3.31. The molecule has 0 aliphatic heterocycles. The molecule has 3 rings (SSSR count). The Morgan fingerprint density at radius 2 is 1.24 bits per heavy atom. The minimum atomic E-state index is -0.00414. The van der Waals surface area contributed by atoms with E-state index in [1.165, 1.54) is 0 Å². The lowest BCUT2D eigenvalue weighted by molar-refractivity contribution is 0.0757. The smallest absolute Gasteiger partial charge is 0.193 e.